The Morgan fingerprint density at radius 3 is 2.30 bits per heavy atom. The van der Waals surface area contributed by atoms with Crippen LogP contribution in [0.25, 0.3) is 0 Å². The van der Waals surface area contributed by atoms with Gasteiger partial charge in [-0.1, -0.05) is 42.6 Å². The maximum atomic E-state index is 14.7. The number of hydrogen-bond donors (Lipinski definition) is 0. The predicted octanol–water partition coefficient (Wildman–Crippen LogP) is 4.96. The van der Waals surface area contributed by atoms with Crippen molar-refractivity contribution in [2.45, 2.75) is 83.2 Å². The van der Waals surface area contributed by atoms with E-state index in [4.69, 9.17) is 11.6 Å². The van der Waals surface area contributed by atoms with Crippen molar-refractivity contribution in [2.75, 3.05) is 13.1 Å². The van der Waals surface area contributed by atoms with Crippen molar-refractivity contribution in [3.8, 4) is 0 Å². The molecule has 0 bridgehead atoms. The van der Waals surface area contributed by atoms with Gasteiger partial charge in [-0.2, -0.15) is 0 Å². The predicted molar refractivity (Wildman–Crippen MR) is 152 cm³/mol. The van der Waals surface area contributed by atoms with Crippen molar-refractivity contribution in [1.82, 2.24) is 18.9 Å². The molecule has 0 radical (unpaired) electrons. The summed E-state index contributed by atoms with van der Waals surface area (Å²) in [6.07, 6.45) is 7.18. The van der Waals surface area contributed by atoms with Crippen molar-refractivity contribution in [3.63, 3.8) is 0 Å². The Morgan fingerprint density at radius 1 is 0.850 bits per heavy atom. The van der Waals surface area contributed by atoms with Crippen LogP contribution in [-0.4, -0.2) is 44.1 Å². The third-order valence-electron chi connectivity index (χ3n) is 8.99. The van der Waals surface area contributed by atoms with E-state index in [1.54, 1.807) is 0 Å². The number of aromatic nitrogens is 2. The summed E-state index contributed by atoms with van der Waals surface area (Å²) < 4.78 is 32.2. The first kappa shape index (κ1) is 27.4. The van der Waals surface area contributed by atoms with Gasteiger partial charge in [0.25, 0.3) is 5.56 Å². The van der Waals surface area contributed by atoms with E-state index in [1.807, 2.05) is 24.3 Å². The molecule has 1 saturated carbocycles. The van der Waals surface area contributed by atoms with E-state index in [9.17, 15) is 18.4 Å². The van der Waals surface area contributed by atoms with Crippen LogP contribution in [0.15, 0.2) is 52.1 Å². The third-order valence-corrected chi connectivity index (χ3v) is 9.24. The van der Waals surface area contributed by atoms with Gasteiger partial charge in [-0.25, -0.2) is 13.6 Å². The molecule has 2 aromatic carbocycles. The van der Waals surface area contributed by atoms with Crippen LogP contribution in [-0.2, 0) is 32.6 Å². The molecule has 3 heterocycles. The quantitative estimate of drug-likeness (QED) is 0.404. The first-order valence-electron chi connectivity index (χ1n) is 14.4. The highest BCUT2D eigenvalue weighted by Gasteiger charge is 2.34. The lowest BCUT2D eigenvalue weighted by molar-refractivity contribution is 0.163. The summed E-state index contributed by atoms with van der Waals surface area (Å²) in [5.41, 5.74) is 1.30. The molecule has 9 heteroatoms. The van der Waals surface area contributed by atoms with E-state index in [0.717, 1.165) is 37.8 Å². The highest BCUT2D eigenvalue weighted by atomic mass is 35.5. The average molecular weight is 569 g/mol. The first-order valence-corrected chi connectivity index (χ1v) is 14.8. The van der Waals surface area contributed by atoms with Crippen molar-refractivity contribution >= 4 is 11.6 Å². The molecule has 6 nitrogen and oxygen atoms in total. The third kappa shape index (κ3) is 5.41. The fourth-order valence-corrected chi connectivity index (χ4v) is 7.06. The van der Waals surface area contributed by atoms with Gasteiger partial charge in [0.2, 0.25) is 0 Å². The van der Waals surface area contributed by atoms with Crippen LogP contribution >= 0.6 is 11.6 Å². The molecule has 1 aliphatic carbocycles. The molecule has 1 saturated heterocycles. The second-order valence-corrected chi connectivity index (χ2v) is 11.9. The van der Waals surface area contributed by atoms with Crippen LogP contribution in [0.4, 0.5) is 8.78 Å². The summed E-state index contributed by atoms with van der Waals surface area (Å²) in [6.45, 7) is 2.67. The Morgan fingerprint density at radius 2 is 1.57 bits per heavy atom. The van der Waals surface area contributed by atoms with Crippen LogP contribution in [0.3, 0.4) is 0 Å². The number of benzene rings is 2. The molecule has 212 valence electrons. The van der Waals surface area contributed by atoms with Crippen LogP contribution < -0.4 is 11.2 Å². The second-order valence-electron chi connectivity index (χ2n) is 11.5. The summed E-state index contributed by atoms with van der Waals surface area (Å²) in [5, 5.41) is 0.665. The van der Waals surface area contributed by atoms with Gasteiger partial charge in [0.1, 0.15) is 11.6 Å². The van der Waals surface area contributed by atoms with Gasteiger partial charge in [-0.05, 0) is 62.1 Å². The smallest absolute Gasteiger partial charge is 0.296 e. The monoisotopic (exact) mass is 568 g/mol. The van der Waals surface area contributed by atoms with Gasteiger partial charge in [-0.3, -0.25) is 23.7 Å². The highest BCUT2D eigenvalue weighted by Crippen LogP contribution is 2.30. The Hall–Kier alpha value is -2.81. The summed E-state index contributed by atoms with van der Waals surface area (Å²) in [6, 6.07) is 12.0. The number of likely N-dealkylation sites (tertiary alicyclic amines) is 1. The van der Waals surface area contributed by atoms with Crippen LogP contribution in [0, 0.1) is 11.6 Å². The maximum absolute atomic E-state index is 14.7. The summed E-state index contributed by atoms with van der Waals surface area (Å²) >= 11 is 6.06. The largest absolute Gasteiger partial charge is 0.331 e. The van der Waals surface area contributed by atoms with E-state index in [0.29, 0.717) is 54.9 Å². The molecule has 1 aromatic heterocycles. The van der Waals surface area contributed by atoms with Gasteiger partial charge >= 0.3 is 5.69 Å². The number of nitrogens with zero attached hydrogens (tertiary/aromatic N) is 4. The molecule has 0 unspecified atom stereocenters. The maximum Gasteiger partial charge on any atom is 0.331 e. The molecule has 2 aliphatic heterocycles. The molecular formula is C31H35ClF2N4O2. The zero-order valence-corrected chi connectivity index (χ0v) is 23.4. The van der Waals surface area contributed by atoms with Crippen molar-refractivity contribution < 1.29 is 8.78 Å². The van der Waals surface area contributed by atoms with Gasteiger partial charge < -0.3 is 0 Å². The van der Waals surface area contributed by atoms with Gasteiger partial charge in [0.05, 0.1) is 12.1 Å². The summed E-state index contributed by atoms with van der Waals surface area (Å²) in [5.74, 6) is -1.39. The van der Waals surface area contributed by atoms with Crippen molar-refractivity contribution in [2.24, 2.45) is 0 Å². The van der Waals surface area contributed by atoms with E-state index in [2.05, 4.69) is 9.80 Å². The molecule has 2 fully saturated rings. The topological polar surface area (TPSA) is 50.5 Å². The minimum absolute atomic E-state index is 0.110. The van der Waals surface area contributed by atoms with Crippen LogP contribution in [0.1, 0.15) is 60.9 Å². The summed E-state index contributed by atoms with van der Waals surface area (Å²) in [4.78, 5) is 32.6. The summed E-state index contributed by atoms with van der Waals surface area (Å²) in [7, 11) is 0. The van der Waals surface area contributed by atoms with Gasteiger partial charge in [0.15, 0.2) is 0 Å². The lowest BCUT2D eigenvalue weighted by Gasteiger charge is -2.33. The Balaban J connectivity index is 1.38. The molecule has 6 rings (SSSR count). The van der Waals surface area contributed by atoms with Crippen LogP contribution in [0.5, 0.6) is 0 Å². The number of hydrogen-bond acceptors (Lipinski definition) is 4. The molecule has 40 heavy (non-hydrogen) atoms. The standard InChI is InChI=1S/C31H35ClF2N4O2/c32-22-12-10-21(11-13-22)17-35-16-14-29-26(19-35)30(39)38(18-24-7-4-15-36(24)23-5-1-2-6-23)31(40)37(29)20-25-27(33)8-3-9-28(25)34/h3,8-13,23-24H,1-2,4-7,14-20H2/t24-/m1/s1. The molecular weight excluding hydrogens is 534 g/mol. The zero-order valence-electron chi connectivity index (χ0n) is 22.6. The Bertz CT molecular complexity index is 1480. The lowest BCUT2D eigenvalue weighted by Crippen LogP contribution is -2.51. The average Bonchev–Trinajstić information content (AvgIpc) is 3.64. The van der Waals surface area contributed by atoms with Crippen molar-refractivity contribution in [3.05, 3.63) is 102 Å². The second kappa shape index (κ2) is 11.6. The molecule has 1 atom stereocenters. The molecule has 0 N–H and O–H groups in total. The van der Waals surface area contributed by atoms with E-state index in [1.165, 1.54) is 40.2 Å². The zero-order chi connectivity index (χ0) is 27.8. The Labute approximate surface area is 237 Å². The molecule has 3 aromatic rings. The molecule has 3 aliphatic rings. The number of halogens is 3. The van der Waals surface area contributed by atoms with E-state index >= 15 is 0 Å². The molecule has 0 spiro atoms. The minimum atomic E-state index is -0.693. The number of rotatable bonds is 7. The van der Waals surface area contributed by atoms with Crippen LogP contribution in [0.2, 0.25) is 5.02 Å². The number of fused-ring (bicyclic) bond motifs is 1. The fourth-order valence-electron chi connectivity index (χ4n) is 6.94. The van der Waals surface area contributed by atoms with Gasteiger partial charge in [0, 0.05) is 61.0 Å². The minimum Gasteiger partial charge on any atom is -0.296 e. The van der Waals surface area contributed by atoms with E-state index in [-0.39, 0.29) is 23.7 Å². The Kier molecular flexibility index (Phi) is 7.93. The first-order chi connectivity index (χ1) is 19.4. The van der Waals surface area contributed by atoms with E-state index < -0.39 is 17.3 Å². The lowest BCUT2D eigenvalue weighted by atomic mass is 10.0. The normalized spacial score (nSPS) is 20.3. The SMILES string of the molecule is O=c1c2c(n(Cc3c(F)cccc3F)c(=O)n1C[C@H]1CCCN1C1CCCC1)CCN(Cc1ccc(Cl)cc1)C2. The highest BCUT2D eigenvalue weighted by molar-refractivity contribution is 6.30. The fraction of sp³-hybridized carbons (Fsp3) is 0.484. The molecule has 0 amide bonds. The van der Waals surface area contributed by atoms with Crippen molar-refractivity contribution in [1.29, 1.82) is 0 Å². The van der Waals surface area contributed by atoms with Gasteiger partial charge in [-0.15, -0.1) is 0 Å².